The van der Waals surface area contributed by atoms with Gasteiger partial charge in [-0.05, 0) is 24.1 Å². The molecule has 1 fully saturated rings. The standard InChI is InChI=1S/C14H17ClN2O3/c1-9(18)16-11-3-4-13(20-2)12(6-11)17-8-10(7-15)5-14(17)19/h3-4,6,10H,5,7-8H2,1-2H3,(H,16,18). The van der Waals surface area contributed by atoms with E-state index in [0.717, 1.165) is 0 Å². The number of amides is 2. The zero-order chi connectivity index (χ0) is 14.7. The molecule has 2 rings (SSSR count). The molecule has 6 heteroatoms. The van der Waals surface area contributed by atoms with Crippen LogP contribution in [0.25, 0.3) is 0 Å². The van der Waals surface area contributed by atoms with E-state index >= 15 is 0 Å². The topological polar surface area (TPSA) is 58.6 Å². The van der Waals surface area contributed by atoms with Gasteiger partial charge in [0.15, 0.2) is 0 Å². The second kappa shape index (κ2) is 6.13. The van der Waals surface area contributed by atoms with Gasteiger partial charge in [0, 0.05) is 31.5 Å². The SMILES string of the molecule is COc1ccc(NC(C)=O)cc1N1CC(CCl)CC1=O. The second-order valence-corrected chi connectivity index (χ2v) is 5.11. The van der Waals surface area contributed by atoms with Crippen molar-refractivity contribution in [3.05, 3.63) is 18.2 Å². The van der Waals surface area contributed by atoms with E-state index in [1.165, 1.54) is 6.92 Å². The number of alkyl halides is 1. The van der Waals surface area contributed by atoms with Gasteiger partial charge in [-0.15, -0.1) is 11.6 Å². The fourth-order valence-electron chi connectivity index (χ4n) is 2.30. The van der Waals surface area contributed by atoms with Gasteiger partial charge < -0.3 is 15.0 Å². The molecule has 0 radical (unpaired) electrons. The Hall–Kier alpha value is -1.75. The van der Waals surface area contributed by atoms with Crippen LogP contribution < -0.4 is 15.0 Å². The monoisotopic (exact) mass is 296 g/mol. The first-order chi connectivity index (χ1) is 9.55. The second-order valence-electron chi connectivity index (χ2n) is 4.80. The summed E-state index contributed by atoms with van der Waals surface area (Å²) >= 11 is 5.83. The van der Waals surface area contributed by atoms with Crippen LogP contribution in [0.4, 0.5) is 11.4 Å². The molecule has 2 amide bonds. The van der Waals surface area contributed by atoms with Crippen molar-refractivity contribution in [3.8, 4) is 5.75 Å². The van der Waals surface area contributed by atoms with Crippen molar-refractivity contribution < 1.29 is 14.3 Å². The molecule has 1 unspecified atom stereocenters. The van der Waals surface area contributed by atoms with Gasteiger partial charge >= 0.3 is 0 Å². The van der Waals surface area contributed by atoms with Crippen LogP contribution in [0.5, 0.6) is 5.75 Å². The van der Waals surface area contributed by atoms with Gasteiger partial charge in [-0.1, -0.05) is 0 Å². The Labute approximate surface area is 122 Å². The number of ether oxygens (including phenoxy) is 1. The number of nitrogens with zero attached hydrogens (tertiary/aromatic N) is 1. The Morgan fingerprint density at radius 2 is 2.30 bits per heavy atom. The zero-order valence-corrected chi connectivity index (χ0v) is 12.2. The predicted octanol–water partition coefficient (Wildman–Crippen LogP) is 2.25. The Bertz CT molecular complexity index is 533. The lowest BCUT2D eigenvalue weighted by atomic mass is 10.1. The highest BCUT2D eigenvalue weighted by Crippen LogP contribution is 2.35. The molecule has 1 aromatic carbocycles. The number of methoxy groups -OCH3 is 1. The number of nitrogens with one attached hydrogen (secondary N) is 1. The Morgan fingerprint density at radius 1 is 1.55 bits per heavy atom. The molecule has 1 aliphatic heterocycles. The quantitative estimate of drug-likeness (QED) is 0.867. The Kier molecular flexibility index (Phi) is 4.49. The Morgan fingerprint density at radius 3 is 2.85 bits per heavy atom. The van der Waals surface area contributed by atoms with E-state index in [-0.39, 0.29) is 17.7 Å². The third kappa shape index (κ3) is 3.04. The summed E-state index contributed by atoms with van der Waals surface area (Å²) in [5, 5.41) is 2.70. The number of carbonyl (C=O) groups is 2. The van der Waals surface area contributed by atoms with Crippen molar-refractivity contribution in [2.24, 2.45) is 5.92 Å². The third-order valence-electron chi connectivity index (χ3n) is 3.21. The summed E-state index contributed by atoms with van der Waals surface area (Å²) < 4.78 is 5.30. The molecule has 1 aliphatic rings. The van der Waals surface area contributed by atoms with Gasteiger partial charge in [0.25, 0.3) is 0 Å². The zero-order valence-electron chi connectivity index (χ0n) is 11.5. The molecule has 1 atom stereocenters. The molecule has 0 bridgehead atoms. The van der Waals surface area contributed by atoms with Crippen molar-refractivity contribution >= 4 is 34.8 Å². The van der Waals surface area contributed by atoms with Crippen molar-refractivity contribution in [2.45, 2.75) is 13.3 Å². The maximum absolute atomic E-state index is 12.1. The minimum absolute atomic E-state index is 0.0222. The molecule has 1 aromatic rings. The molecule has 5 nitrogen and oxygen atoms in total. The molecule has 0 aromatic heterocycles. The first kappa shape index (κ1) is 14.7. The number of hydrogen-bond donors (Lipinski definition) is 1. The molecule has 0 spiro atoms. The molecule has 1 saturated heterocycles. The van der Waals surface area contributed by atoms with Crippen LogP contribution in [0.1, 0.15) is 13.3 Å². The van der Waals surface area contributed by atoms with Crippen molar-refractivity contribution in [2.75, 3.05) is 29.8 Å². The molecule has 108 valence electrons. The fraction of sp³-hybridized carbons (Fsp3) is 0.429. The largest absolute Gasteiger partial charge is 0.495 e. The van der Waals surface area contributed by atoms with Crippen LogP contribution in [0.15, 0.2) is 18.2 Å². The van der Waals surface area contributed by atoms with Crippen LogP contribution >= 0.6 is 11.6 Å². The summed E-state index contributed by atoms with van der Waals surface area (Å²) in [6.45, 7) is 2.01. The summed E-state index contributed by atoms with van der Waals surface area (Å²) in [4.78, 5) is 24.9. The summed E-state index contributed by atoms with van der Waals surface area (Å²) in [6, 6.07) is 5.22. The molecular formula is C14H17ClN2O3. The fourth-order valence-corrected chi connectivity index (χ4v) is 2.51. The van der Waals surface area contributed by atoms with Crippen molar-refractivity contribution in [1.82, 2.24) is 0 Å². The normalized spacial score (nSPS) is 18.2. The molecule has 1 N–H and O–H groups in total. The van der Waals surface area contributed by atoms with Gasteiger partial charge in [0.2, 0.25) is 11.8 Å². The van der Waals surface area contributed by atoms with Gasteiger partial charge in [0.05, 0.1) is 12.8 Å². The maximum Gasteiger partial charge on any atom is 0.227 e. The van der Waals surface area contributed by atoms with E-state index in [1.807, 2.05) is 0 Å². The summed E-state index contributed by atoms with van der Waals surface area (Å²) in [5.74, 6) is 1.07. The van der Waals surface area contributed by atoms with Crippen LogP contribution in [0.3, 0.4) is 0 Å². The van der Waals surface area contributed by atoms with E-state index in [1.54, 1.807) is 30.2 Å². The van der Waals surface area contributed by atoms with E-state index in [0.29, 0.717) is 36.0 Å². The lowest BCUT2D eigenvalue weighted by molar-refractivity contribution is -0.117. The van der Waals surface area contributed by atoms with E-state index in [4.69, 9.17) is 16.3 Å². The first-order valence-corrected chi connectivity index (χ1v) is 6.90. The number of carbonyl (C=O) groups excluding carboxylic acids is 2. The van der Waals surface area contributed by atoms with Gasteiger partial charge in [0.1, 0.15) is 5.75 Å². The maximum atomic E-state index is 12.1. The smallest absolute Gasteiger partial charge is 0.227 e. The van der Waals surface area contributed by atoms with Crippen LogP contribution in [-0.4, -0.2) is 31.3 Å². The minimum atomic E-state index is -0.160. The van der Waals surface area contributed by atoms with Crippen LogP contribution in [0.2, 0.25) is 0 Å². The van der Waals surface area contributed by atoms with Gasteiger partial charge in [-0.25, -0.2) is 0 Å². The van der Waals surface area contributed by atoms with Crippen LogP contribution in [0, 0.1) is 5.92 Å². The molecule has 0 aliphatic carbocycles. The van der Waals surface area contributed by atoms with Crippen LogP contribution in [-0.2, 0) is 9.59 Å². The lowest BCUT2D eigenvalue weighted by Crippen LogP contribution is -2.25. The number of benzene rings is 1. The van der Waals surface area contributed by atoms with E-state index in [9.17, 15) is 9.59 Å². The number of halogens is 1. The van der Waals surface area contributed by atoms with Crippen molar-refractivity contribution in [1.29, 1.82) is 0 Å². The highest BCUT2D eigenvalue weighted by atomic mass is 35.5. The first-order valence-electron chi connectivity index (χ1n) is 6.37. The summed E-state index contributed by atoms with van der Waals surface area (Å²) in [6.07, 6.45) is 0.441. The van der Waals surface area contributed by atoms with Crippen molar-refractivity contribution in [3.63, 3.8) is 0 Å². The van der Waals surface area contributed by atoms with Gasteiger partial charge in [-0.2, -0.15) is 0 Å². The third-order valence-corrected chi connectivity index (χ3v) is 3.65. The predicted molar refractivity (Wildman–Crippen MR) is 78.5 cm³/mol. The number of rotatable bonds is 4. The molecule has 0 saturated carbocycles. The molecule has 1 heterocycles. The van der Waals surface area contributed by atoms with E-state index < -0.39 is 0 Å². The molecule has 20 heavy (non-hydrogen) atoms. The summed E-state index contributed by atoms with van der Waals surface area (Å²) in [5.41, 5.74) is 1.30. The highest BCUT2D eigenvalue weighted by molar-refractivity contribution is 6.18. The average molecular weight is 297 g/mol. The lowest BCUT2D eigenvalue weighted by Gasteiger charge is -2.20. The number of anilines is 2. The Balaban J connectivity index is 2.33. The highest BCUT2D eigenvalue weighted by Gasteiger charge is 2.31. The number of hydrogen-bond acceptors (Lipinski definition) is 3. The van der Waals surface area contributed by atoms with Gasteiger partial charge in [-0.3, -0.25) is 9.59 Å². The van der Waals surface area contributed by atoms with E-state index in [2.05, 4.69) is 5.32 Å². The summed E-state index contributed by atoms with van der Waals surface area (Å²) in [7, 11) is 1.55. The molecular weight excluding hydrogens is 280 g/mol. The minimum Gasteiger partial charge on any atom is -0.495 e. The average Bonchev–Trinajstić information content (AvgIpc) is 2.79.